The topological polar surface area (TPSA) is 97.1 Å². The van der Waals surface area contributed by atoms with Gasteiger partial charge in [-0.25, -0.2) is 9.48 Å². The predicted molar refractivity (Wildman–Crippen MR) is 87.1 cm³/mol. The van der Waals surface area contributed by atoms with Gasteiger partial charge >= 0.3 is 5.97 Å². The second kappa shape index (κ2) is 6.82. The lowest BCUT2D eigenvalue weighted by atomic mass is 9.82. The molecular weight excluding hydrogens is 308 g/mol. The quantitative estimate of drug-likeness (QED) is 0.873. The molecule has 2 aromatic rings. The van der Waals surface area contributed by atoms with Crippen LogP contribution < -0.4 is 5.32 Å². The molecule has 1 heterocycles. The molecule has 1 aliphatic carbocycles. The monoisotopic (exact) mass is 328 g/mol. The van der Waals surface area contributed by atoms with Gasteiger partial charge in [0.15, 0.2) is 0 Å². The van der Waals surface area contributed by atoms with E-state index in [0.29, 0.717) is 24.3 Å². The number of aryl methyl sites for hydroxylation is 2. The molecule has 24 heavy (non-hydrogen) atoms. The molecule has 1 atom stereocenters. The van der Waals surface area contributed by atoms with Crippen LogP contribution in [0.3, 0.4) is 0 Å². The minimum Gasteiger partial charge on any atom is -0.478 e. The summed E-state index contributed by atoms with van der Waals surface area (Å²) in [5.41, 5.74) is 2.93. The van der Waals surface area contributed by atoms with E-state index in [9.17, 15) is 14.7 Å². The number of carboxylic acids is 1. The number of aromatic nitrogens is 3. The molecular formula is C17H20N4O3. The van der Waals surface area contributed by atoms with Crippen LogP contribution in [0.15, 0.2) is 24.4 Å². The summed E-state index contributed by atoms with van der Waals surface area (Å²) in [6.07, 6.45) is 4.37. The van der Waals surface area contributed by atoms with Crippen molar-refractivity contribution in [2.75, 3.05) is 6.54 Å². The number of aromatic carboxylic acids is 1. The lowest BCUT2D eigenvalue weighted by Crippen LogP contribution is -2.31. The molecule has 0 aliphatic heterocycles. The first-order chi connectivity index (χ1) is 11.6. The maximum atomic E-state index is 12.3. The van der Waals surface area contributed by atoms with Crippen LogP contribution in [0.2, 0.25) is 0 Å². The van der Waals surface area contributed by atoms with Gasteiger partial charge in [0.25, 0.3) is 5.91 Å². The molecule has 0 fully saturated rings. The average Bonchev–Trinajstić information content (AvgIpc) is 3.07. The fraction of sp³-hybridized carbons (Fsp3) is 0.412. The number of amides is 1. The second-order valence-electron chi connectivity index (χ2n) is 5.95. The summed E-state index contributed by atoms with van der Waals surface area (Å²) in [6, 6.07) is 5.28. The van der Waals surface area contributed by atoms with Crippen LogP contribution >= 0.6 is 0 Å². The smallest absolute Gasteiger partial charge is 0.335 e. The first-order valence-corrected chi connectivity index (χ1v) is 8.13. The standard InChI is InChI=1S/C17H20N4O3/c1-2-21-15(10-19-20-21)16(22)18-9-13-5-3-4-11-6-7-12(17(23)24)8-14(11)13/h6-8,10,13H,2-5,9H2,1H3,(H,18,22)(H,23,24). The summed E-state index contributed by atoms with van der Waals surface area (Å²) in [6.45, 7) is 2.96. The summed E-state index contributed by atoms with van der Waals surface area (Å²) in [5.74, 6) is -1.00. The number of nitrogens with one attached hydrogen (secondary N) is 1. The van der Waals surface area contributed by atoms with Crippen molar-refractivity contribution in [2.24, 2.45) is 0 Å². The van der Waals surface area contributed by atoms with Crippen LogP contribution in [0.4, 0.5) is 0 Å². The molecule has 0 spiro atoms. The lowest BCUT2D eigenvalue weighted by molar-refractivity contribution is 0.0696. The van der Waals surface area contributed by atoms with Crippen molar-refractivity contribution in [2.45, 2.75) is 38.6 Å². The molecule has 0 radical (unpaired) electrons. The van der Waals surface area contributed by atoms with Gasteiger partial charge in [-0.15, -0.1) is 5.10 Å². The number of rotatable bonds is 5. The molecule has 2 N–H and O–H groups in total. The number of carbonyl (C=O) groups is 2. The summed E-state index contributed by atoms with van der Waals surface area (Å²) in [5, 5.41) is 19.7. The van der Waals surface area contributed by atoms with Crippen LogP contribution in [-0.2, 0) is 13.0 Å². The van der Waals surface area contributed by atoms with Crippen molar-refractivity contribution < 1.29 is 14.7 Å². The van der Waals surface area contributed by atoms with Crippen LogP contribution in [-0.4, -0.2) is 38.5 Å². The predicted octanol–water partition coefficient (Wildman–Crippen LogP) is 1.85. The zero-order valence-electron chi connectivity index (χ0n) is 13.5. The van der Waals surface area contributed by atoms with Gasteiger partial charge < -0.3 is 10.4 Å². The Morgan fingerprint density at radius 1 is 1.42 bits per heavy atom. The molecule has 1 aliphatic rings. The van der Waals surface area contributed by atoms with Gasteiger partial charge in [0.05, 0.1) is 11.8 Å². The van der Waals surface area contributed by atoms with E-state index in [-0.39, 0.29) is 11.8 Å². The molecule has 7 heteroatoms. The Kier molecular flexibility index (Phi) is 4.59. The van der Waals surface area contributed by atoms with E-state index in [1.807, 2.05) is 13.0 Å². The minimum atomic E-state index is -0.927. The van der Waals surface area contributed by atoms with Gasteiger partial charge in [-0.2, -0.15) is 0 Å². The highest BCUT2D eigenvalue weighted by Crippen LogP contribution is 2.32. The Balaban J connectivity index is 1.74. The lowest BCUT2D eigenvalue weighted by Gasteiger charge is -2.26. The van der Waals surface area contributed by atoms with E-state index < -0.39 is 5.97 Å². The van der Waals surface area contributed by atoms with Crippen LogP contribution in [0.1, 0.15) is 57.7 Å². The van der Waals surface area contributed by atoms with Gasteiger partial charge in [-0.3, -0.25) is 4.79 Å². The normalized spacial score (nSPS) is 16.5. The maximum Gasteiger partial charge on any atom is 0.335 e. The van der Waals surface area contributed by atoms with Crippen molar-refractivity contribution in [1.82, 2.24) is 20.3 Å². The van der Waals surface area contributed by atoms with Crippen molar-refractivity contribution in [3.63, 3.8) is 0 Å². The van der Waals surface area contributed by atoms with Gasteiger partial charge in [0.1, 0.15) is 5.69 Å². The first-order valence-electron chi connectivity index (χ1n) is 8.13. The Bertz CT molecular complexity index is 769. The van der Waals surface area contributed by atoms with Gasteiger partial charge in [0.2, 0.25) is 0 Å². The number of carbonyl (C=O) groups excluding carboxylic acids is 1. The summed E-state index contributed by atoms with van der Waals surface area (Å²) >= 11 is 0. The second-order valence-corrected chi connectivity index (χ2v) is 5.95. The molecule has 1 aromatic heterocycles. The van der Waals surface area contributed by atoms with Crippen LogP contribution in [0, 0.1) is 0 Å². The maximum absolute atomic E-state index is 12.3. The van der Waals surface area contributed by atoms with Crippen molar-refractivity contribution >= 4 is 11.9 Å². The molecule has 126 valence electrons. The minimum absolute atomic E-state index is 0.128. The third-order valence-corrected chi connectivity index (χ3v) is 4.49. The van der Waals surface area contributed by atoms with Crippen molar-refractivity contribution in [3.8, 4) is 0 Å². The van der Waals surface area contributed by atoms with E-state index in [1.165, 1.54) is 11.8 Å². The van der Waals surface area contributed by atoms with E-state index in [2.05, 4.69) is 15.6 Å². The Morgan fingerprint density at radius 3 is 3.00 bits per heavy atom. The highest BCUT2D eigenvalue weighted by atomic mass is 16.4. The molecule has 1 aromatic carbocycles. The van der Waals surface area contributed by atoms with Crippen LogP contribution in [0.25, 0.3) is 0 Å². The van der Waals surface area contributed by atoms with Crippen molar-refractivity contribution in [3.05, 3.63) is 46.8 Å². The van der Waals surface area contributed by atoms with Crippen molar-refractivity contribution in [1.29, 1.82) is 0 Å². The SMILES string of the molecule is CCn1nncc1C(=O)NCC1CCCc2ccc(C(=O)O)cc21. The van der Waals surface area contributed by atoms with E-state index >= 15 is 0 Å². The summed E-state index contributed by atoms with van der Waals surface area (Å²) in [4.78, 5) is 23.5. The van der Waals surface area contributed by atoms with E-state index in [1.54, 1.807) is 16.8 Å². The largest absolute Gasteiger partial charge is 0.478 e. The Morgan fingerprint density at radius 2 is 2.25 bits per heavy atom. The highest BCUT2D eigenvalue weighted by molar-refractivity contribution is 5.92. The number of carboxylic acid groups (broad SMARTS) is 1. The summed E-state index contributed by atoms with van der Waals surface area (Å²) < 4.78 is 1.55. The molecule has 7 nitrogen and oxygen atoms in total. The molecule has 0 bridgehead atoms. The first kappa shape index (κ1) is 16.2. The zero-order valence-corrected chi connectivity index (χ0v) is 13.5. The fourth-order valence-corrected chi connectivity index (χ4v) is 3.22. The number of hydrogen-bond acceptors (Lipinski definition) is 4. The number of hydrogen-bond donors (Lipinski definition) is 2. The van der Waals surface area contributed by atoms with Gasteiger partial charge in [0, 0.05) is 19.0 Å². The fourth-order valence-electron chi connectivity index (χ4n) is 3.22. The average molecular weight is 328 g/mol. The number of fused-ring (bicyclic) bond motifs is 1. The number of benzene rings is 1. The molecule has 1 amide bonds. The highest BCUT2D eigenvalue weighted by Gasteiger charge is 2.23. The molecule has 0 saturated carbocycles. The Labute approximate surface area is 139 Å². The van der Waals surface area contributed by atoms with E-state index in [4.69, 9.17) is 0 Å². The zero-order chi connectivity index (χ0) is 17.1. The van der Waals surface area contributed by atoms with Gasteiger partial charge in [-0.05, 0) is 49.4 Å². The number of nitrogens with zero attached hydrogens (tertiary/aromatic N) is 3. The summed E-state index contributed by atoms with van der Waals surface area (Å²) in [7, 11) is 0. The molecule has 0 saturated heterocycles. The van der Waals surface area contributed by atoms with E-state index in [0.717, 1.165) is 24.8 Å². The van der Waals surface area contributed by atoms with Gasteiger partial charge in [-0.1, -0.05) is 11.3 Å². The van der Waals surface area contributed by atoms with Crippen LogP contribution in [0.5, 0.6) is 0 Å². The third kappa shape index (κ3) is 3.15. The molecule has 3 rings (SSSR count). The Hall–Kier alpha value is -2.70. The third-order valence-electron chi connectivity index (χ3n) is 4.49. The molecule has 1 unspecified atom stereocenters.